The zero-order valence-corrected chi connectivity index (χ0v) is 18.1. The Morgan fingerprint density at radius 3 is 2.60 bits per heavy atom. The Morgan fingerprint density at radius 2 is 1.94 bits per heavy atom. The summed E-state index contributed by atoms with van der Waals surface area (Å²) in [5.41, 5.74) is -1.31. The summed E-state index contributed by atoms with van der Waals surface area (Å²) in [7, 11) is 1.19. The Balaban J connectivity index is 1.82. The summed E-state index contributed by atoms with van der Waals surface area (Å²) in [5.74, 6) is -2.32. The van der Waals surface area contributed by atoms with Crippen molar-refractivity contribution in [1.82, 2.24) is 24.6 Å². The first kappa shape index (κ1) is 22.5. The largest absolute Gasteiger partial charge is 0.480 e. The third-order valence-electron chi connectivity index (χ3n) is 5.09. The van der Waals surface area contributed by atoms with E-state index in [4.69, 9.17) is 16.3 Å². The van der Waals surface area contributed by atoms with Crippen LogP contribution in [0.1, 0.15) is 16.1 Å². The number of fused-ring (bicyclic) bond motifs is 6. The third-order valence-corrected chi connectivity index (χ3v) is 5.38. The van der Waals surface area contributed by atoms with Gasteiger partial charge in [0.1, 0.15) is 16.9 Å². The molecule has 0 saturated heterocycles. The molecule has 0 saturated carbocycles. The number of aromatic carboxylic acids is 1. The van der Waals surface area contributed by atoms with Crippen molar-refractivity contribution in [3.8, 4) is 5.88 Å². The van der Waals surface area contributed by atoms with Crippen molar-refractivity contribution in [3.63, 3.8) is 0 Å². The zero-order chi connectivity index (χ0) is 25.1. The number of halogens is 5. The number of aromatic nitrogens is 5. The van der Waals surface area contributed by atoms with Gasteiger partial charge in [-0.2, -0.15) is 23.3 Å². The topological polar surface area (TPSA) is 115 Å². The van der Waals surface area contributed by atoms with Crippen molar-refractivity contribution in [2.45, 2.75) is 6.18 Å². The van der Waals surface area contributed by atoms with Crippen LogP contribution in [0.5, 0.6) is 5.88 Å². The number of nitrogens with one attached hydrogen (secondary N) is 1. The van der Waals surface area contributed by atoms with E-state index in [0.29, 0.717) is 5.69 Å². The summed E-state index contributed by atoms with van der Waals surface area (Å²) >= 11 is 5.79. The molecule has 0 bridgehead atoms. The van der Waals surface area contributed by atoms with Gasteiger partial charge < -0.3 is 15.2 Å². The number of hydrogen-bond donors (Lipinski definition) is 2. The van der Waals surface area contributed by atoms with E-state index < -0.39 is 23.7 Å². The number of methoxy groups -OCH3 is 1. The van der Waals surface area contributed by atoms with Gasteiger partial charge in [-0.3, -0.25) is 0 Å². The molecular formula is C21H11ClF4N6O3. The monoisotopic (exact) mass is 506 g/mol. The van der Waals surface area contributed by atoms with Crippen LogP contribution in [-0.4, -0.2) is 42.8 Å². The highest BCUT2D eigenvalue weighted by Gasteiger charge is 2.35. The smallest absolute Gasteiger partial charge is 0.435 e. The van der Waals surface area contributed by atoms with Gasteiger partial charge >= 0.3 is 12.1 Å². The standard InChI is InChI=1S/C21H11ClF4N6O3/c1-35-18-10(19(33)34)5-9-11-7-27-20(28-8-2-3-13(23)12(22)4-8)30-17(11)32-14(16(9)29-18)6-15(31-32)21(24,25)26/h2-7H,1H3,(H,33,34)(H,27,28,30). The number of alkyl halides is 3. The zero-order valence-electron chi connectivity index (χ0n) is 17.4. The van der Waals surface area contributed by atoms with Crippen LogP contribution in [0.2, 0.25) is 5.02 Å². The molecule has 0 radical (unpaired) electrons. The van der Waals surface area contributed by atoms with E-state index in [1.165, 1.54) is 31.5 Å². The van der Waals surface area contributed by atoms with Crippen molar-refractivity contribution in [1.29, 1.82) is 0 Å². The second-order valence-electron chi connectivity index (χ2n) is 7.26. The van der Waals surface area contributed by atoms with Crippen LogP contribution in [0.15, 0.2) is 36.5 Å². The van der Waals surface area contributed by atoms with Crippen LogP contribution in [-0.2, 0) is 6.18 Å². The highest BCUT2D eigenvalue weighted by molar-refractivity contribution is 6.31. The number of carboxylic acid groups (broad SMARTS) is 1. The predicted molar refractivity (Wildman–Crippen MR) is 117 cm³/mol. The van der Waals surface area contributed by atoms with E-state index in [0.717, 1.165) is 16.6 Å². The van der Waals surface area contributed by atoms with Crippen LogP contribution >= 0.6 is 11.6 Å². The third kappa shape index (κ3) is 3.79. The van der Waals surface area contributed by atoms with Crippen molar-refractivity contribution in [3.05, 3.63) is 58.6 Å². The normalized spacial score (nSPS) is 11.9. The summed E-state index contributed by atoms with van der Waals surface area (Å²) in [6, 6.07) is 5.78. The molecule has 0 aliphatic rings. The first-order valence-electron chi connectivity index (χ1n) is 9.66. The highest BCUT2D eigenvalue weighted by Crippen LogP contribution is 2.35. The molecule has 0 spiro atoms. The molecule has 5 rings (SSSR count). The summed E-state index contributed by atoms with van der Waals surface area (Å²) in [4.78, 5) is 24.3. The number of nitrogens with zero attached hydrogens (tertiary/aromatic N) is 5. The van der Waals surface area contributed by atoms with Gasteiger partial charge in [-0.25, -0.2) is 23.7 Å². The lowest BCUT2D eigenvalue weighted by molar-refractivity contribution is -0.141. The fourth-order valence-electron chi connectivity index (χ4n) is 3.54. The molecule has 4 aromatic heterocycles. The van der Waals surface area contributed by atoms with Gasteiger partial charge in [-0.05, 0) is 30.3 Å². The molecular weight excluding hydrogens is 496 g/mol. The number of carbonyl (C=O) groups is 1. The Kier molecular flexibility index (Phi) is 5.09. The fourth-order valence-corrected chi connectivity index (χ4v) is 3.72. The molecule has 35 heavy (non-hydrogen) atoms. The second-order valence-corrected chi connectivity index (χ2v) is 7.66. The molecule has 0 aliphatic heterocycles. The van der Waals surface area contributed by atoms with Gasteiger partial charge in [0.15, 0.2) is 11.3 Å². The first-order chi connectivity index (χ1) is 16.6. The molecule has 1 aromatic carbocycles. The van der Waals surface area contributed by atoms with Gasteiger partial charge in [0.25, 0.3) is 0 Å². The molecule has 178 valence electrons. The number of ether oxygens (including phenoxy) is 1. The molecule has 0 atom stereocenters. The van der Waals surface area contributed by atoms with Crippen LogP contribution in [0.4, 0.5) is 29.2 Å². The highest BCUT2D eigenvalue weighted by atomic mass is 35.5. The Labute approximate surface area is 196 Å². The first-order valence-corrected chi connectivity index (χ1v) is 10.0. The minimum atomic E-state index is -4.77. The number of hydrogen-bond acceptors (Lipinski definition) is 7. The van der Waals surface area contributed by atoms with E-state index >= 15 is 0 Å². The average molecular weight is 507 g/mol. The van der Waals surface area contributed by atoms with Crippen molar-refractivity contribution < 1.29 is 32.2 Å². The molecule has 0 aliphatic carbocycles. The van der Waals surface area contributed by atoms with E-state index in [9.17, 15) is 27.5 Å². The Bertz CT molecular complexity index is 1670. The summed E-state index contributed by atoms with van der Waals surface area (Å²) in [6.45, 7) is 0. The Morgan fingerprint density at radius 1 is 1.17 bits per heavy atom. The maximum Gasteiger partial charge on any atom is 0.435 e. The number of rotatable bonds is 4. The maximum absolute atomic E-state index is 13.5. The minimum Gasteiger partial charge on any atom is -0.480 e. The number of anilines is 2. The fraction of sp³-hybridized carbons (Fsp3) is 0.0952. The molecule has 9 nitrogen and oxygen atoms in total. The van der Waals surface area contributed by atoms with Crippen LogP contribution in [0.3, 0.4) is 0 Å². The molecule has 0 amide bonds. The van der Waals surface area contributed by atoms with Crippen molar-refractivity contribution >= 4 is 56.7 Å². The van der Waals surface area contributed by atoms with Gasteiger partial charge in [0.2, 0.25) is 11.8 Å². The molecule has 4 heterocycles. The lowest BCUT2D eigenvalue weighted by Crippen LogP contribution is -2.07. The van der Waals surface area contributed by atoms with E-state index in [1.807, 2.05) is 0 Å². The predicted octanol–water partition coefficient (Wildman–Crippen LogP) is 5.09. The number of carboxylic acids is 1. The summed E-state index contributed by atoms with van der Waals surface area (Å²) < 4.78 is 59.9. The summed E-state index contributed by atoms with van der Waals surface area (Å²) in [6.07, 6.45) is -3.49. The van der Waals surface area contributed by atoms with E-state index in [-0.39, 0.29) is 49.9 Å². The second kappa shape index (κ2) is 7.91. The van der Waals surface area contributed by atoms with Gasteiger partial charge in [0.05, 0.1) is 17.6 Å². The van der Waals surface area contributed by atoms with E-state index in [1.54, 1.807) is 0 Å². The molecule has 5 aromatic rings. The van der Waals surface area contributed by atoms with Crippen molar-refractivity contribution in [2.24, 2.45) is 0 Å². The quantitative estimate of drug-likeness (QED) is 0.256. The number of pyridine rings is 2. The minimum absolute atomic E-state index is 0.0111. The average Bonchev–Trinajstić information content (AvgIpc) is 3.27. The Hall–Kier alpha value is -4.26. The molecule has 2 N–H and O–H groups in total. The van der Waals surface area contributed by atoms with Crippen LogP contribution in [0, 0.1) is 5.82 Å². The van der Waals surface area contributed by atoms with Crippen molar-refractivity contribution in [2.75, 3.05) is 12.4 Å². The maximum atomic E-state index is 13.5. The van der Waals surface area contributed by atoms with Gasteiger partial charge in [-0.1, -0.05) is 11.6 Å². The molecule has 14 heteroatoms. The molecule has 0 fully saturated rings. The SMILES string of the molecule is COc1nc2c(cc1C(=O)O)c1cnc(Nc3ccc(F)c(Cl)c3)nc1n1nc(C(F)(F)F)cc21. The lowest BCUT2D eigenvalue weighted by atomic mass is 10.1. The summed E-state index contributed by atoms with van der Waals surface area (Å²) in [5, 5.41) is 16.2. The van der Waals surface area contributed by atoms with Gasteiger partial charge in [-0.15, -0.1) is 0 Å². The van der Waals surface area contributed by atoms with Crippen LogP contribution in [0.25, 0.3) is 27.5 Å². The lowest BCUT2D eigenvalue weighted by Gasteiger charge is -2.11. The van der Waals surface area contributed by atoms with E-state index in [2.05, 4.69) is 25.4 Å². The van der Waals surface area contributed by atoms with Gasteiger partial charge in [0, 0.05) is 22.7 Å². The van der Waals surface area contributed by atoms with Crippen LogP contribution < -0.4 is 10.1 Å². The molecule has 0 unspecified atom stereocenters. The number of benzene rings is 1.